The van der Waals surface area contributed by atoms with Crippen molar-refractivity contribution in [2.24, 2.45) is 4.99 Å². The third-order valence-corrected chi connectivity index (χ3v) is 6.02. The number of likely N-dealkylation sites (N-methyl/N-ethyl adjacent to an activating group) is 1. The van der Waals surface area contributed by atoms with Crippen molar-refractivity contribution < 1.29 is 35.8 Å². The number of benzene rings is 2. The van der Waals surface area contributed by atoms with Gasteiger partial charge >= 0.3 is 12.4 Å². The minimum atomic E-state index is -4.91. The summed E-state index contributed by atoms with van der Waals surface area (Å²) in [6.07, 6.45) is -9.82. The van der Waals surface area contributed by atoms with Crippen LogP contribution in [0.2, 0.25) is 0 Å². The highest BCUT2D eigenvalue weighted by molar-refractivity contribution is 5.82. The molecule has 2 aromatic carbocycles. The molecule has 0 aliphatic carbocycles. The Bertz CT molecular complexity index is 1020. The number of rotatable bonds is 5. The number of morpholine rings is 1. The van der Waals surface area contributed by atoms with Gasteiger partial charge in [0, 0.05) is 20.1 Å². The Kier molecular flexibility index (Phi) is 7.01. The van der Waals surface area contributed by atoms with Crippen molar-refractivity contribution in [2.45, 2.75) is 24.5 Å². The van der Waals surface area contributed by atoms with Crippen LogP contribution in [0.15, 0.2) is 53.5 Å². The number of aliphatic imine (C=N–C) groups is 1. The summed E-state index contributed by atoms with van der Waals surface area (Å²) < 4.78 is 90.4. The van der Waals surface area contributed by atoms with Crippen molar-refractivity contribution >= 4 is 5.96 Å². The van der Waals surface area contributed by atoms with Crippen LogP contribution in [0.3, 0.4) is 0 Å². The molecule has 0 saturated carbocycles. The molecular formula is C24H25F6N3O2. The lowest BCUT2D eigenvalue weighted by Gasteiger charge is -2.31. The van der Waals surface area contributed by atoms with Crippen LogP contribution in [-0.2, 0) is 34.0 Å². The van der Waals surface area contributed by atoms with Gasteiger partial charge in [-0.2, -0.15) is 26.3 Å². The average molecular weight is 501 g/mol. The average Bonchev–Trinajstić information content (AvgIpc) is 3.16. The lowest BCUT2D eigenvalue weighted by Crippen LogP contribution is -2.46. The lowest BCUT2D eigenvalue weighted by atomic mass is 9.92. The van der Waals surface area contributed by atoms with Crippen molar-refractivity contribution in [3.05, 3.63) is 70.8 Å². The second-order valence-electron chi connectivity index (χ2n) is 8.67. The molecule has 5 nitrogen and oxygen atoms in total. The van der Waals surface area contributed by atoms with Gasteiger partial charge < -0.3 is 19.3 Å². The van der Waals surface area contributed by atoms with E-state index in [-0.39, 0.29) is 18.2 Å². The van der Waals surface area contributed by atoms with Crippen LogP contribution >= 0.6 is 0 Å². The molecule has 1 saturated heterocycles. The van der Waals surface area contributed by atoms with Crippen molar-refractivity contribution in [3.63, 3.8) is 0 Å². The second-order valence-corrected chi connectivity index (χ2v) is 8.67. The van der Waals surface area contributed by atoms with E-state index in [1.165, 1.54) is 0 Å². The molecule has 0 bridgehead atoms. The van der Waals surface area contributed by atoms with Gasteiger partial charge in [-0.25, -0.2) is 4.99 Å². The van der Waals surface area contributed by atoms with Crippen LogP contribution in [0.25, 0.3) is 0 Å². The molecule has 0 radical (unpaired) electrons. The maximum atomic E-state index is 13.2. The normalized spacial score (nSPS) is 21.4. The summed E-state index contributed by atoms with van der Waals surface area (Å²) in [4.78, 5) is 9.04. The predicted molar refractivity (Wildman–Crippen MR) is 117 cm³/mol. The molecular weight excluding hydrogens is 476 g/mol. The van der Waals surface area contributed by atoms with Crippen LogP contribution in [0.1, 0.15) is 22.3 Å². The van der Waals surface area contributed by atoms with Crippen LogP contribution in [-0.4, -0.2) is 62.3 Å². The summed E-state index contributed by atoms with van der Waals surface area (Å²) in [6.45, 7) is 2.47. The van der Waals surface area contributed by atoms with Gasteiger partial charge in [-0.3, -0.25) is 0 Å². The van der Waals surface area contributed by atoms with Gasteiger partial charge in [0.1, 0.15) is 5.54 Å². The zero-order valence-corrected chi connectivity index (χ0v) is 19.0. The van der Waals surface area contributed by atoms with E-state index < -0.39 is 35.6 Å². The molecule has 2 aromatic rings. The standard InChI is InChI=1S/C24H25F6N3O2/c1-32-15-22(18-5-3-2-4-6-18,31-21(32)33-7-9-34-10-8-33)16-35-14-17-11-19(23(25,26)27)13-20(12-17)24(28,29)30/h2-6,11-13H,7-10,14-16H2,1H3/t22-/m1/s1. The summed E-state index contributed by atoms with van der Waals surface area (Å²) in [6, 6.07) is 10.8. The van der Waals surface area contributed by atoms with E-state index >= 15 is 0 Å². The van der Waals surface area contributed by atoms with Gasteiger partial charge in [0.05, 0.1) is 44.1 Å². The number of hydrogen-bond donors (Lipinski definition) is 0. The zero-order valence-electron chi connectivity index (χ0n) is 19.0. The highest BCUT2D eigenvalue weighted by Crippen LogP contribution is 2.37. The van der Waals surface area contributed by atoms with E-state index in [2.05, 4.69) is 4.90 Å². The number of alkyl halides is 6. The van der Waals surface area contributed by atoms with Crippen molar-refractivity contribution in [1.82, 2.24) is 9.80 Å². The fourth-order valence-corrected chi connectivity index (χ4v) is 4.36. The minimum absolute atomic E-state index is 0.0210. The van der Waals surface area contributed by atoms with Crippen LogP contribution in [0, 0.1) is 0 Å². The summed E-state index contributed by atoms with van der Waals surface area (Å²) >= 11 is 0. The van der Waals surface area contributed by atoms with E-state index in [1.54, 1.807) is 0 Å². The SMILES string of the molecule is CN1C[C@@](COCc2cc(C(F)(F)F)cc(C(F)(F)F)c2)(c2ccccc2)N=C1N1CCOCC1. The quantitative estimate of drug-likeness (QED) is 0.554. The molecule has 2 aliphatic rings. The number of ether oxygens (including phenoxy) is 2. The van der Waals surface area contributed by atoms with E-state index in [9.17, 15) is 26.3 Å². The maximum Gasteiger partial charge on any atom is 0.416 e. The Morgan fingerprint density at radius 2 is 1.54 bits per heavy atom. The predicted octanol–water partition coefficient (Wildman–Crippen LogP) is 4.77. The van der Waals surface area contributed by atoms with Gasteiger partial charge in [-0.05, 0) is 29.3 Å². The Morgan fingerprint density at radius 1 is 0.943 bits per heavy atom. The summed E-state index contributed by atoms with van der Waals surface area (Å²) in [7, 11) is 1.89. The molecule has 0 unspecified atom stereocenters. The molecule has 0 aromatic heterocycles. The second kappa shape index (κ2) is 9.69. The number of nitrogens with zero attached hydrogens (tertiary/aromatic N) is 3. The van der Waals surface area contributed by atoms with E-state index in [0.29, 0.717) is 45.0 Å². The van der Waals surface area contributed by atoms with Crippen LogP contribution < -0.4 is 0 Å². The Morgan fingerprint density at radius 3 is 2.11 bits per heavy atom. The molecule has 35 heavy (non-hydrogen) atoms. The third kappa shape index (κ3) is 5.72. The molecule has 2 aliphatic heterocycles. The molecule has 190 valence electrons. The molecule has 0 amide bonds. The first-order valence-corrected chi connectivity index (χ1v) is 11.0. The topological polar surface area (TPSA) is 37.3 Å². The fourth-order valence-electron chi connectivity index (χ4n) is 4.36. The van der Waals surface area contributed by atoms with Crippen LogP contribution in [0.5, 0.6) is 0 Å². The highest BCUT2D eigenvalue weighted by atomic mass is 19.4. The molecule has 2 heterocycles. The third-order valence-electron chi connectivity index (χ3n) is 6.02. The van der Waals surface area contributed by atoms with E-state index in [0.717, 1.165) is 11.5 Å². The van der Waals surface area contributed by atoms with Gasteiger partial charge in [0.25, 0.3) is 0 Å². The van der Waals surface area contributed by atoms with Gasteiger partial charge in [0.15, 0.2) is 5.96 Å². The summed E-state index contributed by atoms with van der Waals surface area (Å²) in [5.41, 5.74) is -2.96. The molecule has 1 fully saturated rings. The molecule has 11 heteroatoms. The van der Waals surface area contributed by atoms with Gasteiger partial charge in [0.2, 0.25) is 0 Å². The molecule has 0 N–H and O–H groups in total. The summed E-state index contributed by atoms with van der Waals surface area (Å²) in [5.74, 6) is 0.749. The zero-order chi connectivity index (χ0) is 25.3. The number of guanidine groups is 1. The Balaban J connectivity index is 1.59. The van der Waals surface area contributed by atoms with Crippen molar-refractivity contribution in [1.29, 1.82) is 0 Å². The van der Waals surface area contributed by atoms with Gasteiger partial charge in [-0.1, -0.05) is 30.3 Å². The fraction of sp³-hybridized carbons (Fsp3) is 0.458. The first kappa shape index (κ1) is 25.3. The number of hydrogen-bond acceptors (Lipinski definition) is 5. The number of halogens is 6. The Labute approximate surface area is 198 Å². The first-order valence-electron chi connectivity index (χ1n) is 11.0. The van der Waals surface area contributed by atoms with E-state index in [1.807, 2.05) is 42.3 Å². The minimum Gasteiger partial charge on any atom is -0.378 e. The van der Waals surface area contributed by atoms with Gasteiger partial charge in [-0.15, -0.1) is 0 Å². The molecule has 1 atom stereocenters. The van der Waals surface area contributed by atoms with E-state index in [4.69, 9.17) is 14.5 Å². The van der Waals surface area contributed by atoms with Crippen LogP contribution in [0.4, 0.5) is 26.3 Å². The Hall–Kier alpha value is -2.79. The first-order chi connectivity index (χ1) is 16.5. The monoisotopic (exact) mass is 501 g/mol. The molecule has 0 spiro atoms. The highest BCUT2D eigenvalue weighted by Gasteiger charge is 2.42. The molecule has 4 rings (SSSR count). The summed E-state index contributed by atoms with van der Waals surface area (Å²) in [5, 5.41) is 0. The van der Waals surface area contributed by atoms with Crippen molar-refractivity contribution in [2.75, 3.05) is 46.5 Å². The lowest BCUT2D eigenvalue weighted by molar-refractivity contribution is -0.143. The largest absolute Gasteiger partial charge is 0.416 e. The maximum absolute atomic E-state index is 13.2. The smallest absolute Gasteiger partial charge is 0.378 e. The van der Waals surface area contributed by atoms with Crippen molar-refractivity contribution in [3.8, 4) is 0 Å².